The van der Waals surface area contributed by atoms with E-state index in [0.29, 0.717) is 4.70 Å². The highest BCUT2D eigenvalue weighted by atomic mass is 32.1. The van der Waals surface area contributed by atoms with Gasteiger partial charge in [-0.25, -0.2) is 9.18 Å². The molecule has 0 aliphatic heterocycles. The molecule has 0 saturated carbocycles. The van der Waals surface area contributed by atoms with E-state index >= 15 is 0 Å². The number of carbonyl (C=O) groups is 2. The smallest absolute Gasteiger partial charge is 0.380 e. The summed E-state index contributed by atoms with van der Waals surface area (Å²) in [4.78, 5) is 23.2. The number of phenolic OH excluding ortho intramolecular Hbond substituents is 1. The van der Waals surface area contributed by atoms with E-state index in [1.54, 1.807) is 6.92 Å². The van der Waals surface area contributed by atoms with Crippen LogP contribution >= 0.6 is 11.3 Å². The molecule has 0 bridgehead atoms. The zero-order valence-electron chi connectivity index (χ0n) is 10.7. The molecule has 0 aliphatic carbocycles. The van der Waals surface area contributed by atoms with E-state index in [4.69, 9.17) is 4.74 Å². The Morgan fingerprint density at radius 1 is 1.40 bits per heavy atom. The molecule has 0 fully saturated rings. The molecule has 0 spiro atoms. The highest BCUT2D eigenvalue weighted by Crippen LogP contribution is 2.39. The van der Waals surface area contributed by atoms with Crippen molar-refractivity contribution in [2.75, 3.05) is 13.7 Å². The number of esters is 1. The van der Waals surface area contributed by atoms with Crippen LogP contribution in [-0.4, -0.2) is 30.6 Å². The molecular weight excluding hydrogens is 287 g/mol. The topological polar surface area (TPSA) is 72.8 Å². The SMILES string of the molecule is CCOC(=O)C(=O)c1cc2c(F)c(O)c(OC)cc2s1. The van der Waals surface area contributed by atoms with Gasteiger partial charge in [0.25, 0.3) is 5.78 Å². The maximum atomic E-state index is 13.9. The molecule has 7 heteroatoms. The van der Waals surface area contributed by atoms with Crippen LogP contribution < -0.4 is 4.74 Å². The van der Waals surface area contributed by atoms with Gasteiger partial charge in [-0.2, -0.15) is 0 Å². The van der Waals surface area contributed by atoms with Crippen LogP contribution in [0.5, 0.6) is 11.5 Å². The lowest BCUT2D eigenvalue weighted by atomic mass is 10.2. The summed E-state index contributed by atoms with van der Waals surface area (Å²) in [6.07, 6.45) is 0. The number of benzene rings is 1. The Morgan fingerprint density at radius 2 is 2.10 bits per heavy atom. The highest BCUT2D eigenvalue weighted by Gasteiger charge is 2.23. The number of hydrogen-bond acceptors (Lipinski definition) is 6. The largest absolute Gasteiger partial charge is 0.502 e. The van der Waals surface area contributed by atoms with Crippen LogP contribution in [0.4, 0.5) is 4.39 Å². The van der Waals surface area contributed by atoms with Crippen molar-refractivity contribution in [1.29, 1.82) is 0 Å². The number of thiophene rings is 1. The fourth-order valence-electron chi connectivity index (χ4n) is 1.67. The number of hydrogen-bond donors (Lipinski definition) is 1. The molecule has 5 nitrogen and oxygen atoms in total. The predicted octanol–water partition coefficient (Wildman–Crippen LogP) is 2.50. The standard InChI is InChI=1S/C13H11FO5S/c1-3-19-13(17)12(16)9-4-6-8(20-9)5-7(18-2)11(15)10(6)14/h4-5,15H,3H2,1-2H3. The highest BCUT2D eigenvalue weighted by molar-refractivity contribution is 7.21. The van der Waals surface area contributed by atoms with Crippen molar-refractivity contribution < 1.29 is 28.6 Å². The summed E-state index contributed by atoms with van der Waals surface area (Å²) in [5.41, 5.74) is 0. The van der Waals surface area contributed by atoms with Crippen molar-refractivity contribution in [3.63, 3.8) is 0 Å². The zero-order chi connectivity index (χ0) is 14.9. The fraction of sp³-hybridized carbons (Fsp3) is 0.231. The molecule has 2 aromatic rings. The molecule has 0 atom stereocenters. The summed E-state index contributed by atoms with van der Waals surface area (Å²) < 4.78 is 23.7. The average molecular weight is 298 g/mol. The lowest BCUT2D eigenvalue weighted by molar-refractivity contribution is -0.137. The molecule has 0 saturated heterocycles. The fourth-order valence-corrected chi connectivity index (χ4v) is 2.69. The maximum absolute atomic E-state index is 13.9. The number of Topliss-reactive ketones (excluding diaryl/α,β-unsaturated/α-hetero) is 1. The second-order valence-electron chi connectivity index (χ2n) is 3.81. The average Bonchev–Trinajstić information content (AvgIpc) is 2.86. The van der Waals surface area contributed by atoms with Gasteiger partial charge >= 0.3 is 5.97 Å². The predicted molar refractivity (Wildman–Crippen MR) is 71.0 cm³/mol. The Hall–Kier alpha value is -2.15. The Labute approximate surface area is 117 Å². The zero-order valence-corrected chi connectivity index (χ0v) is 11.5. The monoisotopic (exact) mass is 298 g/mol. The molecule has 20 heavy (non-hydrogen) atoms. The Balaban J connectivity index is 2.51. The number of carbonyl (C=O) groups excluding carboxylic acids is 2. The molecule has 0 unspecified atom stereocenters. The van der Waals surface area contributed by atoms with Gasteiger partial charge in [0.15, 0.2) is 17.3 Å². The number of ketones is 1. The summed E-state index contributed by atoms with van der Waals surface area (Å²) in [6.45, 7) is 1.66. The minimum Gasteiger partial charge on any atom is -0.502 e. The summed E-state index contributed by atoms with van der Waals surface area (Å²) in [7, 11) is 1.29. The van der Waals surface area contributed by atoms with E-state index in [9.17, 15) is 19.1 Å². The minimum atomic E-state index is -0.990. The molecule has 0 aliphatic rings. The number of ether oxygens (including phenoxy) is 2. The second kappa shape index (κ2) is 5.46. The third-order valence-electron chi connectivity index (χ3n) is 2.61. The first-order valence-corrected chi connectivity index (χ1v) is 6.51. The van der Waals surface area contributed by atoms with Gasteiger partial charge in [0.1, 0.15) is 0 Å². The molecule has 1 aromatic heterocycles. The van der Waals surface area contributed by atoms with E-state index in [0.717, 1.165) is 11.3 Å². The maximum Gasteiger partial charge on any atom is 0.380 e. The van der Waals surface area contributed by atoms with Crippen LogP contribution in [0.1, 0.15) is 16.6 Å². The lowest BCUT2D eigenvalue weighted by Gasteiger charge is -2.04. The Morgan fingerprint density at radius 3 is 2.70 bits per heavy atom. The van der Waals surface area contributed by atoms with Gasteiger partial charge in [0, 0.05) is 16.2 Å². The van der Waals surface area contributed by atoms with E-state index in [2.05, 4.69) is 4.74 Å². The van der Waals surface area contributed by atoms with E-state index < -0.39 is 23.3 Å². The molecule has 2 rings (SSSR count). The van der Waals surface area contributed by atoms with Crippen LogP contribution in [0.2, 0.25) is 0 Å². The second-order valence-corrected chi connectivity index (χ2v) is 4.90. The van der Waals surface area contributed by atoms with Crippen molar-refractivity contribution in [2.24, 2.45) is 0 Å². The Kier molecular flexibility index (Phi) is 3.89. The third kappa shape index (κ3) is 2.32. The van der Waals surface area contributed by atoms with Crippen LogP contribution in [0, 0.1) is 5.82 Å². The summed E-state index contributed by atoms with van der Waals surface area (Å²) >= 11 is 0.930. The van der Waals surface area contributed by atoms with Crippen LogP contribution in [0.25, 0.3) is 10.1 Å². The number of methoxy groups -OCH3 is 1. The summed E-state index contributed by atoms with van der Waals surface area (Å²) in [6, 6.07) is 2.62. The summed E-state index contributed by atoms with van der Waals surface area (Å²) in [5, 5.41) is 9.62. The normalized spacial score (nSPS) is 10.6. The Bertz CT molecular complexity index is 692. The van der Waals surface area contributed by atoms with E-state index in [1.807, 2.05) is 0 Å². The van der Waals surface area contributed by atoms with Crippen LogP contribution in [0.15, 0.2) is 12.1 Å². The van der Waals surface area contributed by atoms with Crippen LogP contribution in [0.3, 0.4) is 0 Å². The molecule has 0 amide bonds. The van der Waals surface area contributed by atoms with Crippen molar-refractivity contribution in [3.8, 4) is 11.5 Å². The number of phenols is 1. The van der Waals surface area contributed by atoms with Gasteiger partial charge < -0.3 is 14.6 Å². The minimum absolute atomic E-state index is 0.0352. The third-order valence-corrected chi connectivity index (χ3v) is 3.69. The van der Waals surface area contributed by atoms with Gasteiger partial charge in [0.05, 0.1) is 18.6 Å². The van der Waals surface area contributed by atoms with E-state index in [-0.39, 0.29) is 22.6 Å². The first-order chi connectivity index (χ1) is 9.49. The molecule has 0 radical (unpaired) electrons. The van der Waals surface area contributed by atoms with Gasteiger partial charge in [-0.1, -0.05) is 0 Å². The van der Waals surface area contributed by atoms with Crippen LogP contribution in [-0.2, 0) is 9.53 Å². The number of aromatic hydroxyl groups is 1. The lowest BCUT2D eigenvalue weighted by Crippen LogP contribution is -2.16. The van der Waals surface area contributed by atoms with Crippen molar-refractivity contribution in [3.05, 3.63) is 22.8 Å². The van der Waals surface area contributed by atoms with Gasteiger partial charge in [-0.3, -0.25) is 4.79 Å². The van der Waals surface area contributed by atoms with Gasteiger partial charge in [-0.15, -0.1) is 11.3 Å². The number of halogens is 1. The molecule has 1 N–H and O–H groups in total. The van der Waals surface area contributed by atoms with Crippen molar-refractivity contribution in [1.82, 2.24) is 0 Å². The summed E-state index contributed by atoms with van der Waals surface area (Å²) in [5.74, 6) is -3.39. The molecule has 106 valence electrons. The van der Waals surface area contributed by atoms with Crippen molar-refractivity contribution >= 4 is 33.2 Å². The number of fused-ring (bicyclic) bond motifs is 1. The molecule has 1 aromatic carbocycles. The van der Waals surface area contributed by atoms with Gasteiger partial charge in [0.2, 0.25) is 0 Å². The van der Waals surface area contributed by atoms with Crippen molar-refractivity contribution in [2.45, 2.75) is 6.92 Å². The molecule has 1 heterocycles. The van der Waals surface area contributed by atoms with Gasteiger partial charge in [-0.05, 0) is 13.0 Å². The first-order valence-electron chi connectivity index (χ1n) is 5.70. The van der Waals surface area contributed by atoms with E-state index in [1.165, 1.54) is 19.2 Å². The quantitative estimate of drug-likeness (QED) is 0.533. The number of rotatable bonds is 4. The molecular formula is C13H11FO5S. The first kappa shape index (κ1) is 14.3.